The van der Waals surface area contributed by atoms with E-state index in [0.717, 1.165) is 17.5 Å². The molecule has 1 atom stereocenters. The largest absolute Gasteiger partial charge is 0.445 e. The monoisotopic (exact) mass is 339 g/mol. The van der Waals surface area contributed by atoms with Crippen LogP contribution in [-0.2, 0) is 16.1 Å². The predicted molar refractivity (Wildman–Crippen MR) is 94.0 cm³/mol. The lowest BCUT2D eigenvalue weighted by Gasteiger charge is -2.23. The zero-order chi connectivity index (χ0) is 17.6. The second-order valence-electron chi connectivity index (χ2n) is 6.10. The van der Waals surface area contributed by atoms with Crippen LogP contribution >= 0.6 is 0 Å². The van der Waals surface area contributed by atoms with Gasteiger partial charge in [0.1, 0.15) is 18.5 Å². The maximum atomic E-state index is 12.5. The number of anilines is 1. The van der Waals surface area contributed by atoms with Crippen molar-refractivity contribution in [2.45, 2.75) is 32.4 Å². The van der Waals surface area contributed by atoms with Gasteiger partial charge in [-0.2, -0.15) is 0 Å². The summed E-state index contributed by atoms with van der Waals surface area (Å²) in [6.07, 6.45) is 2.59. The number of hydrogen-bond donors (Lipinski definition) is 1. The Bertz CT molecular complexity index is 749. The van der Waals surface area contributed by atoms with E-state index in [0.29, 0.717) is 18.8 Å². The molecule has 0 saturated carbocycles. The first-order valence-corrected chi connectivity index (χ1v) is 8.34. The van der Waals surface area contributed by atoms with E-state index in [1.165, 1.54) is 4.90 Å². The van der Waals surface area contributed by atoms with Crippen LogP contribution in [-0.4, -0.2) is 34.5 Å². The second-order valence-corrected chi connectivity index (χ2v) is 6.10. The highest BCUT2D eigenvalue weighted by Crippen LogP contribution is 2.20. The summed E-state index contributed by atoms with van der Waals surface area (Å²) in [7, 11) is 0. The molecule has 0 bridgehead atoms. The molecule has 1 aliphatic rings. The predicted octanol–water partition coefficient (Wildman–Crippen LogP) is 3.13. The first kappa shape index (κ1) is 17.0. The summed E-state index contributed by atoms with van der Waals surface area (Å²) in [6.45, 7) is 2.65. The number of amides is 2. The maximum absolute atomic E-state index is 12.5. The van der Waals surface area contributed by atoms with Crippen LogP contribution in [0.5, 0.6) is 0 Å². The molecule has 6 nitrogen and oxygen atoms in total. The van der Waals surface area contributed by atoms with Gasteiger partial charge in [-0.05, 0) is 43.0 Å². The standard InChI is InChI=1S/C19H21N3O3/c1-14-9-10-20-17(12-14)21-18(23)16-8-5-11-22(16)19(24)25-13-15-6-3-2-4-7-15/h2-4,6-7,9-10,12,16H,5,8,11,13H2,1H3,(H,20,21,23). The summed E-state index contributed by atoms with van der Waals surface area (Å²) in [5, 5.41) is 2.78. The Kier molecular flexibility index (Phi) is 5.28. The van der Waals surface area contributed by atoms with E-state index in [9.17, 15) is 9.59 Å². The van der Waals surface area contributed by atoms with Gasteiger partial charge in [0.05, 0.1) is 0 Å². The van der Waals surface area contributed by atoms with Crippen molar-refractivity contribution >= 4 is 17.8 Å². The molecule has 25 heavy (non-hydrogen) atoms. The van der Waals surface area contributed by atoms with Gasteiger partial charge in [-0.1, -0.05) is 30.3 Å². The number of hydrogen-bond acceptors (Lipinski definition) is 4. The van der Waals surface area contributed by atoms with Crippen LogP contribution < -0.4 is 5.32 Å². The molecule has 1 aromatic heterocycles. The van der Waals surface area contributed by atoms with Gasteiger partial charge in [0.15, 0.2) is 0 Å². The van der Waals surface area contributed by atoms with Crippen LogP contribution in [0.3, 0.4) is 0 Å². The van der Waals surface area contributed by atoms with E-state index in [-0.39, 0.29) is 12.5 Å². The summed E-state index contributed by atoms with van der Waals surface area (Å²) >= 11 is 0. The topological polar surface area (TPSA) is 71.5 Å². The molecule has 1 saturated heterocycles. The van der Waals surface area contributed by atoms with Crippen molar-refractivity contribution in [2.75, 3.05) is 11.9 Å². The van der Waals surface area contributed by atoms with Crippen molar-refractivity contribution in [3.05, 3.63) is 59.8 Å². The molecule has 6 heteroatoms. The lowest BCUT2D eigenvalue weighted by atomic mass is 10.2. The highest BCUT2D eigenvalue weighted by Gasteiger charge is 2.35. The van der Waals surface area contributed by atoms with E-state index in [4.69, 9.17) is 4.74 Å². The number of likely N-dealkylation sites (tertiary alicyclic amines) is 1. The van der Waals surface area contributed by atoms with E-state index in [1.54, 1.807) is 12.3 Å². The fourth-order valence-electron chi connectivity index (χ4n) is 2.87. The third-order valence-corrected chi connectivity index (χ3v) is 4.16. The van der Waals surface area contributed by atoms with Gasteiger partial charge in [-0.3, -0.25) is 9.69 Å². The minimum absolute atomic E-state index is 0.198. The average Bonchev–Trinajstić information content (AvgIpc) is 3.10. The number of aromatic nitrogens is 1. The molecule has 3 rings (SSSR count). The van der Waals surface area contributed by atoms with Gasteiger partial charge >= 0.3 is 6.09 Å². The van der Waals surface area contributed by atoms with Gasteiger partial charge in [-0.15, -0.1) is 0 Å². The lowest BCUT2D eigenvalue weighted by Crippen LogP contribution is -2.43. The molecule has 1 aromatic carbocycles. The summed E-state index contributed by atoms with van der Waals surface area (Å²) in [5.74, 6) is 0.266. The van der Waals surface area contributed by atoms with Crippen molar-refractivity contribution in [2.24, 2.45) is 0 Å². The SMILES string of the molecule is Cc1ccnc(NC(=O)C2CCCN2C(=O)OCc2ccccc2)c1. The Labute approximate surface area is 146 Å². The van der Waals surface area contributed by atoms with E-state index < -0.39 is 12.1 Å². The van der Waals surface area contributed by atoms with Crippen molar-refractivity contribution in [1.82, 2.24) is 9.88 Å². The molecular formula is C19H21N3O3. The van der Waals surface area contributed by atoms with Crippen molar-refractivity contribution in [1.29, 1.82) is 0 Å². The molecular weight excluding hydrogens is 318 g/mol. The summed E-state index contributed by atoms with van der Waals surface area (Å²) in [4.78, 5) is 30.5. The zero-order valence-electron chi connectivity index (χ0n) is 14.1. The highest BCUT2D eigenvalue weighted by atomic mass is 16.6. The van der Waals surface area contributed by atoms with Crippen molar-refractivity contribution in [3.8, 4) is 0 Å². The van der Waals surface area contributed by atoms with Crippen LogP contribution in [0.4, 0.5) is 10.6 Å². The lowest BCUT2D eigenvalue weighted by molar-refractivity contribution is -0.120. The smallest absolute Gasteiger partial charge is 0.410 e. The Morgan fingerprint density at radius 3 is 2.84 bits per heavy atom. The fraction of sp³-hybridized carbons (Fsp3) is 0.316. The normalized spacial score (nSPS) is 16.5. The van der Waals surface area contributed by atoms with Crippen LogP contribution in [0.1, 0.15) is 24.0 Å². The Balaban J connectivity index is 1.59. The number of nitrogens with zero attached hydrogens (tertiary/aromatic N) is 2. The molecule has 2 amide bonds. The summed E-state index contributed by atoms with van der Waals surface area (Å²) in [6, 6.07) is 12.6. The van der Waals surface area contributed by atoms with Gasteiger partial charge in [-0.25, -0.2) is 9.78 Å². The van der Waals surface area contributed by atoms with Gasteiger partial charge < -0.3 is 10.1 Å². The van der Waals surface area contributed by atoms with Crippen LogP contribution in [0, 0.1) is 6.92 Å². The highest BCUT2D eigenvalue weighted by molar-refractivity contribution is 5.96. The zero-order valence-corrected chi connectivity index (χ0v) is 14.1. The maximum Gasteiger partial charge on any atom is 0.410 e. The number of nitrogens with one attached hydrogen (secondary N) is 1. The number of ether oxygens (including phenoxy) is 1. The van der Waals surface area contributed by atoms with Gasteiger partial charge in [0.2, 0.25) is 5.91 Å². The summed E-state index contributed by atoms with van der Waals surface area (Å²) < 4.78 is 5.35. The van der Waals surface area contributed by atoms with E-state index >= 15 is 0 Å². The van der Waals surface area contributed by atoms with Gasteiger partial charge in [0, 0.05) is 12.7 Å². The Morgan fingerprint density at radius 2 is 2.08 bits per heavy atom. The number of aryl methyl sites for hydroxylation is 1. The van der Waals surface area contributed by atoms with Crippen LogP contribution in [0.15, 0.2) is 48.7 Å². The molecule has 1 fully saturated rings. The number of rotatable bonds is 4. The molecule has 130 valence electrons. The molecule has 2 heterocycles. The number of benzene rings is 1. The number of carbonyl (C=O) groups is 2. The second kappa shape index (κ2) is 7.79. The molecule has 1 aliphatic heterocycles. The Morgan fingerprint density at radius 1 is 1.28 bits per heavy atom. The Hall–Kier alpha value is -2.89. The number of pyridine rings is 1. The van der Waals surface area contributed by atoms with Crippen LogP contribution in [0.25, 0.3) is 0 Å². The third kappa shape index (κ3) is 4.35. The quantitative estimate of drug-likeness (QED) is 0.929. The minimum Gasteiger partial charge on any atom is -0.445 e. The first-order chi connectivity index (χ1) is 12.1. The molecule has 1 N–H and O–H groups in total. The van der Waals surface area contributed by atoms with Crippen molar-refractivity contribution < 1.29 is 14.3 Å². The minimum atomic E-state index is -0.523. The molecule has 0 radical (unpaired) electrons. The average molecular weight is 339 g/mol. The van der Waals surface area contributed by atoms with E-state index in [2.05, 4.69) is 10.3 Å². The van der Waals surface area contributed by atoms with Gasteiger partial charge in [0.25, 0.3) is 0 Å². The van der Waals surface area contributed by atoms with Crippen molar-refractivity contribution in [3.63, 3.8) is 0 Å². The van der Waals surface area contributed by atoms with Crippen LogP contribution in [0.2, 0.25) is 0 Å². The molecule has 1 unspecified atom stereocenters. The fourth-order valence-corrected chi connectivity index (χ4v) is 2.87. The molecule has 0 spiro atoms. The third-order valence-electron chi connectivity index (χ3n) is 4.16. The molecule has 0 aliphatic carbocycles. The first-order valence-electron chi connectivity index (χ1n) is 8.34. The number of carbonyl (C=O) groups excluding carboxylic acids is 2. The van der Waals surface area contributed by atoms with E-state index in [1.807, 2.05) is 43.3 Å². The molecule has 2 aromatic rings. The summed E-state index contributed by atoms with van der Waals surface area (Å²) in [5.41, 5.74) is 1.93.